The number of rotatable bonds is 3. The molecule has 0 radical (unpaired) electrons. The summed E-state index contributed by atoms with van der Waals surface area (Å²) in [6.45, 7) is 0. The van der Waals surface area contributed by atoms with Crippen molar-refractivity contribution < 1.29 is 9.53 Å². The van der Waals surface area contributed by atoms with Crippen LogP contribution in [-0.4, -0.2) is 19.1 Å². The van der Waals surface area contributed by atoms with Crippen LogP contribution in [0, 0.1) is 0 Å². The van der Waals surface area contributed by atoms with Gasteiger partial charge in [0.2, 0.25) is 0 Å². The van der Waals surface area contributed by atoms with E-state index in [1.165, 1.54) is 30.6 Å². The third-order valence-corrected chi connectivity index (χ3v) is 5.32. The third kappa shape index (κ3) is 3.01. The zero-order valence-electron chi connectivity index (χ0n) is 11.9. The average molecular weight is 324 g/mol. The van der Waals surface area contributed by atoms with Gasteiger partial charge in [-0.05, 0) is 31.0 Å². The monoisotopic (exact) mass is 323 g/mol. The molecule has 1 amide bonds. The van der Waals surface area contributed by atoms with E-state index in [9.17, 15) is 4.79 Å². The number of carbonyl (C=O) groups is 1. The van der Waals surface area contributed by atoms with Gasteiger partial charge in [0.05, 0.1) is 7.11 Å². The maximum absolute atomic E-state index is 12.5. The van der Waals surface area contributed by atoms with E-state index in [-0.39, 0.29) is 5.91 Å². The van der Waals surface area contributed by atoms with Crippen LogP contribution in [0.4, 0.5) is 0 Å². The second kappa shape index (κ2) is 6.24. The number of amides is 1. The molecule has 0 atom stereocenters. The summed E-state index contributed by atoms with van der Waals surface area (Å²) in [5.41, 5.74) is 0. The van der Waals surface area contributed by atoms with Gasteiger partial charge in [0.15, 0.2) is 0 Å². The number of hydrogen-bond donors (Lipinski definition) is 1. The van der Waals surface area contributed by atoms with Crippen LogP contribution < -0.4 is 10.1 Å². The molecule has 1 fully saturated rings. The lowest BCUT2D eigenvalue weighted by atomic mass is 9.95. The number of fused-ring (bicyclic) bond motifs is 1. The van der Waals surface area contributed by atoms with Crippen LogP contribution in [0.25, 0.3) is 10.1 Å². The Bertz CT molecular complexity index is 662. The van der Waals surface area contributed by atoms with Crippen LogP contribution in [0.2, 0.25) is 5.02 Å². The molecule has 112 valence electrons. The molecule has 0 aliphatic heterocycles. The van der Waals surface area contributed by atoms with Crippen molar-refractivity contribution in [1.29, 1.82) is 0 Å². The Morgan fingerprint density at radius 3 is 2.81 bits per heavy atom. The van der Waals surface area contributed by atoms with E-state index < -0.39 is 0 Å². The highest BCUT2D eigenvalue weighted by atomic mass is 35.5. The molecule has 0 spiro atoms. The molecule has 2 aromatic rings. The van der Waals surface area contributed by atoms with E-state index in [1.807, 2.05) is 18.2 Å². The minimum atomic E-state index is -0.0314. The molecule has 1 aliphatic rings. The van der Waals surface area contributed by atoms with Gasteiger partial charge < -0.3 is 10.1 Å². The summed E-state index contributed by atoms with van der Waals surface area (Å²) in [7, 11) is 1.60. The predicted octanol–water partition coefficient (Wildman–Crippen LogP) is 4.63. The first-order chi connectivity index (χ1) is 10.2. The number of carbonyl (C=O) groups excluding carboxylic acids is 1. The minimum absolute atomic E-state index is 0.0314. The first-order valence-electron chi connectivity index (χ1n) is 7.26. The van der Waals surface area contributed by atoms with E-state index in [1.54, 1.807) is 7.11 Å². The number of hydrogen-bond acceptors (Lipinski definition) is 3. The third-order valence-electron chi connectivity index (χ3n) is 3.96. The Kier molecular flexibility index (Phi) is 4.36. The summed E-state index contributed by atoms with van der Waals surface area (Å²) in [5, 5.41) is 4.76. The molecule has 0 unspecified atom stereocenters. The second-order valence-electron chi connectivity index (χ2n) is 5.41. The molecule has 3 rings (SSSR count). The number of halogens is 1. The van der Waals surface area contributed by atoms with E-state index >= 15 is 0 Å². The van der Waals surface area contributed by atoms with Gasteiger partial charge in [-0.3, -0.25) is 4.79 Å². The maximum atomic E-state index is 12.5. The maximum Gasteiger partial charge on any atom is 0.265 e. The van der Waals surface area contributed by atoms with Crippen molar-refractivity contribution in [2.24, 2.45) is 0 Å². The zero-order chi connectivity index (χ0) is 14.8. The van der Waals surface area contributed by atoms with Gasteiger partial charge in [0, 0.05) is 21.2 Å². The fourth-order valence-corrected chi connectivity index (χ4v) is 4.25. The normalized spacial score (nSPS) is 16.1. The van der Waals surface area contributed by atoms with Gasteiger partial charge in [-0.1, -0.05) is 30.9 Å². The van der Waals surface area contributed by atoms with Crippen molar-refractivity contribution in [2.75, 3.05) is 7.11 Å². The van der Waals surface area contributed by atoms with Gasteiger partial charge in [0.1, 0.15) is 10.6 Å². The fourth-order valence-electron chi connectivity index (χ4n) is 2.90. The van der Waals surface area contributed by atoms with Crippen LogP contribution >= 0.6 is 22.9 Å². The van der Waals surface area contributed by atoms with Crippen LogP contribution in [0.1, 0.15) is 41.8 Å². The topological polar surface area (TPSA) is 38.3 Å². The number of nitrogens with one attached hydrogen (secondary N) is 1. The molecule has 5 heteroatoms. The van der Waals surface area contributed by atoms with Crippen molar-refractivity contribution in [3.63, 3.8) is 0 Å². The quantitative estimate of drug-likeness (QED) is 0.894. The van der Waals surface area contributed by atoms with Crippen molar-refractivity contribution in [2.45, 2.75) is 38.1 Å². The van der Waals surface area contributed by atoms with Crippen molar-refractivity contribution in [3.8, 4) is 5.75 Å². The first-order valence-corrected chi connectivity index (χ1v) is 8.45. The van der Waals surface area contributed by atoms with Gasteiger partial charge in [0.25, 0.3) is 5.91 Å². The van der Waals surface area contributed by atoms with Gasteiger partial charge in [-0.15, -0.1) is 11.3 Å². The number of ether oxygens (including phenoxy) is 1. The van der Waals surface area contributed by atoms with Crippen LogP contribution in [0.3, 0.4) is 0 Å². The Morgan fingerprint density at radius 2 is 2.10 bits per heavy atom. The lowest BCUT2D eigenvalue weighted by Crippen LogP contribution is -2.35. The van der Waals surface area contributed by atoms with Gasteiger partial charge >= 0.3 is 0 Å². The van der Waals surface area contributed by atoms with Gasteiger partial charge in [-0.2, -0.15) is 0 Å². The van der Waals surface area contributed by atoms with Crippen molar-refractivity contribution >= 4 is 38.9 Å². The van der Waals surface area contributed by atoms with Crippen molar-refractivity contribution in [1.82, 2.24) is 5.32 Å². The molecule has 1 heterocycles. The number of methoxy groups -OCH3 is 1. The molecule has 3 nitrogen and oxygen atoms in total. The lowest BCUT2D eigenvalue weighted by molar-refractivity contribution is 0.0929. The van der Waals surface area contributed by atoms with Crippen LogP contribution in [0.15, 0.2) is 18.2 Å². The molecule has 0 saturated heterocycles. The number of benzene rings is 1. The van der Waals surface area contributed by atoms with E-state index in [0.717, 1.165) is 22.9 Å². The highest BCUT2D eigenvalue weighted by Crippen LogP contribution is 2.39. The molecular formula is C16H18ClNO2S. The lowest BCUT2D eigenvalue weighted by Gasteiger charge is -2.22. The Balaban J connectivity index is 1.89. The SMILES string of the molecule is COc1c(C(=O)NC2CCCCC2)sc2cc(Cl)ccc12. The van der Waals surface area contributed by atoms with E-state index in [0.29, 0.717) is 21.7 Å². The zero-order valence-corrected chi connectivity index (χ0v) is 13.5. The highest BCUT2D eigenvalue weighted by molar-refractivity contribution is 7.21. The Labute approximate surface area is 133 Å². The average Bonchev–Trinajstić information content (AvgIpc) is 2.85. The molecular weight excluding hydrogens is 306 g/mol. The summed E-state index contributed by atoms with van der Waals surface area (Å²) < 4.78 is 6.44. The molecule has 1 aromatic heterocycles. The van der Waals surface area contributed by atoms with E-state index in [4.69, 9.17) is 16.3 Å². The molecule has 21 heavy (non-hydrogen) atoms. The molecule has 1 saturated carbocycles. The number of thiophene rings is 1. The first kappa shape index (κ1) is 14.7. The summed E-state index contributed by atoms with van der Waals surface area (Å²) in [5.74, 6) is 0.621. The smallest absolute Gasteiger partial charge is 0.265 e. The van der Waals surface area contributed by atoms with Crippen LogP contribution in [-0.2, 0) is 0 Å². The standard InChI is InChI=1S/C16H18ClNO2S/c1-20-14-12-8-7-10(17)9-13(12)21-15(14)16(19)18-11-5-3-2-4-6-11/h7-9,11H,2-6H2,1H3,(H,18,19). The summed E-state index contributed by atoms with van der Waals surface area (Å²) in [6.07, 6.45) is 5.82. The van der Waals surface area contributed by atoms with Gasteiger partial charge in [-0.25, -0.2) is 0 Å². The minimum Gasteiger partial charge on any atom is -0.494 e. The summed E-state index contributed by atoms with van der Waals surface area (Å²) >= 11 is 7.46. The fraction of sp³-hybridized carbons (Fsp3) is 0.438. The van der Waals surface area contributed by atoms with Crippen LogP contribution in [0.5, 0.6) is 5.75 Å². The van der Waals surface area contributed by atoms with Crippen molar-refractivity contribution in [3.05, 3.63) is 28.1 Å². The van der Waals surface area contributed by atoms with E-state index in [2.05, 4.69) is 5.32 Å². The molecule has 1 aromatic carbocycles. The largest absolute Gasteiger partial charge is 0.494 e. The summed E-state index contributed by atoms with van der Waals surface area (Å²) in [6, 6.07) is 5.90. The predicted molar refractivity (Wildman–Crippen MR) is 87.7 cm³/mol. The molecule has 0 bridgehead atoms. The Morgan fingerprint density at radius 1 is 1.33 bits per heavy atom. The second-order valence-corrected chi connectivity index (χ2v) is 6.90. The molecule has 1 aliphatic carbocycles. The highest BCUT2D eigenvalue weighted by Gasteiger charge is 2.22. The summed E-state index contributed by atoms with van der Waals surface area (Å²) in [4.78, 5) is 13.2. The molecule has 1 N–H and O–H groups in total. The Hall–Kier alpha value is -1.26.